The molecule has 0 aliphatic rings. The first-order valence-corrected chi connectivity index (χ1v) is 5.95. The van der Waals surface area contributed by atoms with Crippen LogP contribution in [0.3, 0.4) is 0 Å². The van der Waals surface area contributed by atoms with Gasteiger partial charge in [-0.25, -0.2) is 4.39 Å². The number of rotatable bonds is 4. The number of hydrogen-bond donors (Lipinski definition) is 1. The summed E-state index contributed by atoms with van der Waals surface area (Å²) in [5.74, 6) is 4.52. The molecule has 0 radical (unpaired) electrons. The summed E-state index contributed by atoms with van der Waals surface area (Å²) in [7, 11) is 1.55. The van der Waals surface area contributed by atoms with E-state index in [0.717, 1.165) is 0 Å². The van der Waals surface area contributed by atoms with Gasteiger partial charge in [-0.05, 0) is 24.7 Å². The molecule has 1 N–H and O–H groups in total. The van der Waals surface area contributed by atoms with Gasteiger partial charge in [0.05, 0.1) is 6.42 Å². The van der Waals surface area contributed by atoms with Crippen LogP contribution in [-0.4, -0.2) is 36.4 Å². The predicted molar refractivity (Wildman–Crippen MR) is 67.4 cm³/mol. The Balaban J connectivity index is 2.76. The average Bonchev–Trinajstić information content (AvgIpc) is 2.36. The van der Waals surface area contributed by atoms with Crippen LogP contribution in [0.25, 0.3) is 0 Å². The lowest BCUT2D eigenvalue weighted by molar-refractivity contribution is -0.137. The fourth-order valence-electron chi connectivity index (χ4n) is 1.63. The Bertz CT molecular complexity index is 502. The fourth-order valence-corrected chi connectivity index (χ4v) is 1.63. The minimum absolute atomic E-state index is 0.145. The molecule has 110 valence electrons. The summed E-state index contributed by atoms with van der Waals surface area (Å²) in [6.07, 6.45) is -5.10. The molecule has 0 saturated heterocycles. The van der Waals surface area contributed by atoms with Crippen molar-refractivity contribution >= 4 is 0 Å². The smallest absolute Gasteiger partial charge is 0.384 e. The Morgan fingerprint density at radius 3 is 2.60 bits per heavy atom. The molecule has 0 atom stereocenters. The van der Waals surface area contributed by atoms with Gasteiger partial charge in [0.1, 0.15) is 12.4 Å². The minimum atomic E-state index is -4.20. The zero-order valence-electron chi connectivity index (χ0n) is 11.0. The lowest BCUT2D eigenvalue weighted by atomic mass is 10.1. The van der Waals surface area contributed by atoms with Gasteiger partial charge in [-0.1, -0.05) is 17.9 Å². The molecular weight excluding hydrogens is 274 g/mol. The molecule has 1 aromatic rings. The normalized spacial score (nSPS) is 11.3. The maximum Gasteiger partial charge on any atom is 0.390 e. The van der Waals surface area contributed by atoms with Gasteiger partial charge in [0.25, 0.3) is 0 Å². The summed E-state index contributed by atoms with van der Waals surface area (Å²) in [6.45, 7) is -0.278. The number of aliphatic hydroxyl groups excluding tert-OH is 1. The van der Waals surface area contributed by atoms with Crippen molar-refractivity contribution in [1.29, 1.82) is 0 Å². The van der Waals surface area contributed by atoms with Gasteiger partial charge in [-0.2, -0.15) is 13.2 Å². The van der Waals surface area contributed by atoms with E-state index in [1.807, 2.05) is 0 Å². The van der Waals surface area contributed by atoms with Crippen LogP contribution in [-0.2, 0) is 6.54 Å². The molecule has 0 heterocycles. The van der Waals surface area contributed by atoms with E-state index in [2.05, 4.69) is 11.8 Å². The lowest BCUT2D eigenvalue weighted by Gasteiger charge is -2.18. The number of hydrogen-bond acceptors (Lipinski definition) is 2. The molecule has 0 aliphatic heterocycles. The van der Waals surface area contributed by atoms with Crippen molar-refractivity contribution in [2.45, 2.75) is 19.1 Å². The summed E-state index contributed by atoms with van der Waals surface area (Å²) >= 11 is 0. The highest BCUT2D eigenvalue weighted by atomic mass is 19.4. The average molecular weight is 289 g/mol. The molecule has 20 heavy (non-hydrogen) atoms. The maximum atomic E-state index is 13.1. The van der Waals surface area contributed by atoms with Gasteiger partial charge in [-0.3, -0.25) is 0 Å². The van der Waals surface area contributed by atoms with E-state index < -0.39 is 18.4 Å². The molecule has 6 heteroatoms. The van der Waals surface area contributed by atoms with Crippen molar-refractivity contribution in [3.05, 3.63) is 35.1 Å². The monoisotopic (exact) mass is 289 g/mol. The summed E-state index contributed by atoms with van der Waals surface area (Å²) in [4.78, 5) is 1.49. The summed E-state index contributed by atoms with van der Waals surface area (Å²) in [6, 6.07) is 3.92. The molecule has 1 rings (SSSR count). The van der Waals surface area contributed by atoms with E-state index in [4.69, 9.17) is 5.11 Å². The Morgan fingerprint density at radius 2 is 2.00 bits per heavy atom. The van der Waals surface area contributed by atoms with E-state index in [0.29, 0.717) is 11.1 Å². The van der Waals surface area contributed by atoms with E-state index >= 15 is 0 Å². The van der Waals surface area contributed by atoms with Crippen molar-refractivity contribution < 1.29 is 22.7 Å². The Kier molecular flexibility index (Phi) is 5.99. The maximum absolute atomic E-state index is 13.1. The van der Waals surface area contributed by atoms with E-state index in [9.17, 15) is 17.6 Å². The number of alkyl halides is 3. The molecule has 1 aromatic carbocycles. The molecule has 2 nitrogen and oxygen atoms in total. The molecule has 0 aliphatic carbocycles. The van der Waals surface area contributed by atoms with Gasteiger partial charge in [0.15, 0.2) is 0 Å². The van der Waals surface area contributed by atoms with Crippen molar-refractivity contribution in [1.82, 2.24) is 4.90 Å². The van der Waals surface area contributed by atoms with E-state index in [1.165, 1.54) is 23.1 Å². The zero-order chi connectivity index (χ0) is 15.2. The number of benzene rings is 1. The van der Waals surface area contributed by atoms with Crippen LogP contribution in [0, 0.1) is 17.7 Å². The molecule has 0 fully saturated rings. The quantitative estimate of drug-likeness (QED) is 0.680. The Hall–Kier alpha value is -1.58. The molecule has 0 amide bonds. The van der Waals surface area contributed by atoms with Crippen LogP contribution in [0.4, 0.5) is 17.6 Å². The molecule has 0 aromatic heterocycles. The topological polar surface area (TPSA) is 23.5 Å². The van der Waals surface area contributed by atoms with Crippen molar-refractivity contribution in [3.63, 3.8) is 0 Å². The third-order valence-corrected chi connectivity index (χ3v) is 2.59. The van der Waals surface area contributed by atoms with Crippen molar-refractivity contribution in [2.24, 2.45) is 0 Å². The molecule has 0 spiro atoms. The SMILES string of the molecule is CN(CCC(F)(F)F)Cc1ccc(F)cc1C#CCO. The lowest BCUT2D eigenvalue weighted by Crippen LogP contribution is -2.24. The number of aliphatic hydroxyl groups is 1. The largest absolute Gasteiger partial charge is 0.390 e. The van der Waals surface area contributed by atoms with Crippen LogP contribution < -0.4 is 0 Å². The van der Waals surface area contributed by atoms with Crippen LogP contribution in [0.2, 0.25) is 0 Å². The fraction of sp³-hybridized carbons (Fsp3) is 0.429. The van der Waals surface area contributed by atoms with Gasteiger partial charge >= 0.3 is 6.18 Å². The zero-order valence-corrected chi connectivity index (χ0v) is 11.0. The van der Waals surface area contributed by atoms with Crippen LogP contribution in [0.15, 0.2) is 18.2 Å². The highest BCUT2D eigenvalue weighted by Gasteiger charge is 2.27. The summed E-state index contributed by atoms with van der Waals surface area (Å²) < 4.78 is 49.5. The van der Waals surface area contributed by atoms with Gasteiger partial charge in [-0.15, -0.1) is 0 Å². The predicted octanol–water partition coefficient (Wildman–Crippen LogP) is 2.55. The molecule has 0 unspecified atom stereocenters. The summed E-state index contributed by atoms with van der Waals surface area (Å²) in [5, 5.41) is 8.64. The van der Waals surface area contributed by atoms with E-state index in [-0.39, 0.29) is 19.7 Å². The highest BCUT2D eigenvalue weighted by Crippen LogP contribution is 2.20. The Labute approximate surface area is 115 Å². The van der Waals surface area contributed by atoms with Crippen molar-refractivity contribution in [2.75, 3.05) is 20.2 Å². The standard InChI is InChI=1S/C14H15F4NO/c1-19(7-6-14(16,17)18)10-12-4-5-13(15)9-11(12)3-2-8-20/h4-5,9,20H,6-8,10H2,1H3. The van der Waals surface area contributed by atoms with Gasteiger partial charge < -0.3 is 10.0 Å². The second-order valence-electron chi connectivity index (χ2n) is 4.36. The van der Waals surface area contributed by atoms with Crippen LogP contribution in [0.1, 0.15) is 17.5 Å². The summed E-state index contributed by atoms with van der Waals surface area (Å²) in [5.41, 5.74) is 0.995. The minimum Gasteiger partial charge on any atom is -0.384 e. The Morgan fingerprint density at radius 1 is 1.30 bits per heavy atom. The third kappa shape index (κ3) is 6.04. The third-order valence-electron chi connectivity index (χ3n) is 2.59. The second kappa shape index (κ2) is 7.27. The van der Waals surface area contributed by atoms with Crippen LogP contribution >= 0.6 is 0 Å². The molecule has 0 bridgehead atoms. The van der Waals surface area contributed by atoms with Gasteiger partial charge in [0.2, 0.25) is 0 Å². The first kappa shape index (κ1) is 16.5. The number of nitrogens with zero attached hydrogens (tertiary/aromatic N) is 1. The molecular formula is C14H15F4NO. The first-order chi connectivity index (χ1) is 9.31. The highest BCUT2D eigenvalue weighted by molar-refractivity contribution is 5.41. The van der Waals surface area contributed by atoms with Crippen LogP contribution in [0.5, 0.6) is 0 Å². The second-order valence-corrected chi connectivity index (χ2v) is 4.36. The van der Waals surface area contributed by atoms with E-state index in [1.54, 1.807) is 7.05 Å². The van der Waals surface area contributed by atoms with Crippen molar-refractivity contribution in [3.8, 4) is 11.8 Å². The molecule has 0 saturated carbocycles. The first-order valence-electron chi connectivity index (χ1n) is 5.95. The number of halogens is 4. The van der Waals surface area contributed by atoms with Gasteiger partial charge in [0, 0.05) is 18.7 Å².